The molecule has 0 saturated carbocycles. The van der Waals surface area contributed by atoms with Gasteiger partial charge in [-0.3, -0.25) is 0 Å². The van der Waals surface area contributed by atoms with E-state index in [0.717, 1.165) is 0 Å². The predicted octanol–water partition coefficient (Wildman–Crippen LogP) is 7.03. The molecule has 0 unspecified atom stereocenters. The number of benzene rings is 3. The molecule has 3 aromatic rings. The van der Waals surface area contributed by atoms with Crippen LogP contribution in [0.1, 0.15) is 0 Å². The van der Waals surface area contributed by atoms with Crippen molar-refractivity contribution < 1.29 is 65.9 Å². The van der Waals surface area contributed by atoms with Gasteiger partial charge in [0.05, 0.1) is 0 Å². The highest BCUT2D eigenvalue weighted by molar-refractivity contribution is 6.08. The molecule has 0 N–H and O–H groups in total. The van der Waals surface area contributed by atoms with Crippen LogP contribution in [0, 0.1) is 87.3 Å². The molecule has 0 heterocycles. The number of hydrogen-bond acceptors (Lipinski definition) is 1. The van der Waals surface area contributed by atoms with Crippen molar-refractivity contribution in [2.75, 3.05) is 23.9 Å². The van der Waals surface area contributed by atoms with Gasteiger partial charge in [0.1, 0.15) is 17.1 Å². The van der Waals surface area contributed by atoms with Crippen molar-refractivity contribution in [3.05, 3.63) is 87.3 Å². The van der Waals surface area contributed by atoms with Gasteiger partial charge in [-0.1, -0.05) is 0 Å². The fourth-order valence-electron chi connectivity index (χ4n) is 3.14. The quantitative estimate of drug-likeness (QED) is 0.108. The van der Waals surface area contributed by atoms with Gasteiger partial charge in [-0.25, -0.2) is 70.8 Å². The Hall–Kier alpha value is -4.12. The van der Waals surface area contributed by atoms with E-state index in [9.17, 15) is 65.9 Å². The molecule has 0 bridgehead atoms. The molecule has 0 aliphatic heterocycles. The topological polar surface area (TPSA) is 18.8 Å². The molecule has 3 rings (SSSR count). The van der Waals surface area contributed by atoms with E-state index in [4.69, 9.17) is 0 Å². The molecule has 0 aliphatic rings. The molecule has 210 valence electrons. The molecule has 0 amide bonds. The van der Waals surface area contributed by atoms with Crippen LogP contribution in [0.3, 0.4) is 0 Å². The van der Waals surface area contributed by atoms with E-state index in [0.29, 0.717) is 0 Å². The number of guanidine groups is 1. The maximum absolute atomic E-state index is 14.4. The van der Waals surface area contributed by atoms with Crippen LogP contribution in [0.5, 0.6) is 0 Å². The average Bonchev–Trinajstić information content (AvgIpc) is 2.90. The van der Waals surface area contributed by atoms with E-state index < -0.39 is 120 Å². The number of aliphatic imine (C=N–C) groups is 1. The molecule has 0 radical (unpaired) electrons. The van der Waals surface area contributed by atoms with Gasteiger partial charge in [-0.05, 0) is 0 Å². The third-order valence-corrected chi connectivity index (χ3v) is 5.04. The van der Waals surface area contributed by atoms with Crippen LogP contribution >= 0.6 is 0 Å². The molecular formula is C21H6F15N3. The number of anilines is 2. The molecule has 39 heavy (non-hydrogen) atoms. The molecule has 3 nitrogen and oxygen atoms in total. The molecule has 0 spiro atoms. The standard InChI is InChI=1S/C21H6F15N3/c1-38(19-14(33)8(27)4(23)9(28)15(19)34)21(37-18-12(31)6(25)3(22)7(26)13(18)32)39(2)20-16(35)10(29)5(24)11(30)17(20)36/h1-2H3. The Labute approximate surface area is 206 Å². The minimum atomic E-state index is -2.76. The average molecular weight is 585 g/mol. The Morgan fingerprint density at radius 2 is 0.564 bits per heavy atom. The first-order valence-electron chi connectivity index (χ1n) is 9.57. The second-order valence-corrected chi connectivity index (χ2v) is 7.29. The highest BCUT2D eigenvalue weighted by Crippen LogP contribution is 2.36. The van der Waals surface area contributed by atoms with Crippen molar-refractivity contribution in [3.8, 4) is 0 Å². The lowest BCUT2D eigenvalue weighted by Crippen LogP contribution is -2.43. The van der Waals surface area contributed by atoms with E-state index in [1.807, 2.05) is 0 Å². The molecule has 3 aromatic carbocycles. The summed E-state index contributed by atoms with van der Waals surface area (Å²) >= 11 is 0. The second-order valence-electron chi connectivity index (χ2n) is 7.29. The van der Waals surface area contributed by atoms with Gasteiger partial charge in [0.15, 0.2) is 69.8 Å². The van der Waals surface area contributed by atoms with Crippen molar-refractivity contribution in [3.63, 3.8) is 0 Å². The van der Waals surface area contributed by atoms with E-state index >= 15 is 0 Å². The predicted molar refractivity (Wildman–Crippen MR) is 103 cm³/mol. The Kier molecular flexibility index (Phi) is 7.71. The molecule has 0 aromatic heterocycles. The van der Waals surface area contributed by atoms with Crippen molar-refractivity contribution in [2.45, 2.75) is 0 Å². The van der Waals surface area contributed by atoms with E-state index in [1.54, 1.807) is 0 Å². The fourth-order valence-corrected chi connectivity index (χ4v) is 3.14. The molecule has 0 atom stereocenters. The molecule has 0 aliphatic carbocycles. The zero-order valence-electron chi connectivity index (χ0n) is 18.5. The van der Waals surface area contributed by atoms with Gasteiger partial charge < -0.3 is 9.80 Å². The van der Waals surface area contributed by atoms with Gasteiger partial charge in [0.2, 0.25) is 23.4 Å². The fraction of sp³-hybridized carbons (Fsp3) is 0.0952. The molecule has 0 saturated heterocycles. The highest BCUT2D eigenvalue weighted by Gasteiger charge is 2.35. The zero-order chi connectivity index (χ0) is 29.8. The van der Waals surface area contributed by atoms with Crippen molar-refractivity contribution >= 4 is 23.0 Å². The summed E-state index contributed by atoms with van der Waals surface area (Å²) in [5, 5.41) is 0. The van der Waals surface area contributed by atoms with Crippen molar-refractivity contribution in [2.24, 2.45) is 4.99 Å². The summed E-state index contributed by atoms with van der Waals surface area (Å²) in [7, 11) is 0.484. The number of halogens is 15. The minimum absolute atomic E-state index is 0.242. The van der Waals surface area contributed by atoms with Gasteiger partial charge in [-0.2, -0.15) is 0 Å². The van der Waals surface area contributed by atoms with Crippen LogP contribution in [0.25, 0.3) is 0 Å². The van der Waals surface area contributed by atoms with Crippen molar-refractivity contribution in [1.82, 2.24) is 0 Å². The lowest BCUT2D eigenvalue weighted by atomic mass is 10.2. The first-order valence-corrected chi connectivity index (χ1v) is 9.57. The van der Waals surface area contributed by atoms with Gasteiger partial charge in [0, 0.05) is 14.1 Å². The third-order valence-electron chi connectivity index (χ3n) is 5.04. The number of nitrogens with zero attached hydrogens (tertiary/aromatic N) is 3. The summed E-state index contributed by atoms with van der Waals surface area (Å²) in [4.78, 5) is 2.01. The minimum Gasteiger partial charge on any atom is -0.310 e. The van der Waals surface area contributed by atoms with Crippen LogP contribution in [0.4, 0.5) is 82.9 Å². The maximum atomic E-state index is 14.4. The normalized spacial score (nSPS) is 11.2. The monoisotopic (exact) mass is 585 g/mol. The molecular weight excluding hydrogens is 579 g/mol. The number of hydrogen-bond donors (Lipinski definition) is 0. The largest absolute Gasteiger partial charge is 0.310 e. The van der Waals surface area contributed by atoms with E-state index in [-0.39, 0.29) is 14.1 Å². The Morgan fingerprint density at radius 3 is 0.821 bits per heavy atom. The Morgan fingerprint density at radius 1 is 0.359 bits per heavy atom. The smallest absolute Gasteiger partial charge is 0.210 e. The zero-order valence-corrected chi connectivity index (χ0v) is 18.5. The van der Waals surface area contributed by atoms with Crippen LogP contribution in [-0.4, -0.2) is 20.1 Å². The third kappa shape index (κ3) is 4.46. The Balaban J connectivity index is 2.47. The van der Waals surface area contributed by atoms with Gasteiger partial charge in [0.25, 0.3) is 0 Å². The molecule has 18 heteroatoms. The maximum Gasteiger partial charge on any atom is 0.210 e. The second kappa shape index (κ2) is 10.2. The summed E-state index contributed by atoms with van der Waals surface area (Å²) in [6, 6.07) is 0. The Bertz CT molecular complexity index is 1390. The highest BCUT2D eigenvalue weighted by atomic mass is 19.2. The summed E-state index contributed by atoms with van der Waals surface area (Å²) in [6.45, 7) is 0. The molecule has 0 fully saturated rings. The van der Waals surface area contributed by atoms with Crippen LogP contribution in [0.15, 0.2) is 4.99 Å². The van der Waals surface area contributed by atoms with Gasteiger partial charge >= 0.3 is 0 Å². The summed E-state index contributed by atoms with van der Waals surface area (Å²) in [5.41, 5.74) is -6.44. The first kappa shape index (κ1) is 29.4. The number of rotatable bonds is 3. The summed E-state index contributed by atoms with van der Waals surface area (Å²) in [6.07, 6.45) is 0. The van der Waals surface area contributed by atoms with Gasteiger partial charge in [-0.15, -0.1) is 0 Å². The van der Waals surface area contributed by atoms with Crippen molar-refractivity contribution in [1.29, 1.82) is 0 Å². The summed E-state index contributed by atoms with van der Waals surface area (Å²) < 4.78 is 209. The van der Waals surface area contributed by atoms with Crippen LogP contribution in [0.2, 0.25) is 0 Å². The van der Waals surface area contributed by atoms with Crippen LogP contribution < -0.4 is 9.80 Å². The first-order chi connectivity index (χ1) is 18.0. The van der Waals surface area contributed by atoms with Crippen LogP contribution in [-0.2, 0) is 0 Å². The van der Waals surface area contributed by atoms with E-state index in [1.165, 1.54) is 0 Å². The SMILES string of the molecule is CN(C(=Nc1c(F)c(F)c(F)c(F)c1F)N(C)c1c(F)c(F)c(F)c(F)c1F)c1c(F)c(F)c(F)c(F)c1F. The lowest BCUT2D eigenvalue weighted by Gasteiger charge is -2.30. The lowest BCUT2D eigenvalue weighted by molar-refractivity contribution is 0.379. The van der Waals surface area contributed by atoms with E-state index in [2.05, 4.69) is 4.99 Å². The summed E-state index contributed by atoms with van der Waals surface area (Å²) in [5.74, 6) is -42.4.